The average Bonchev–Trinajstić information content (AvgIpc) is 3.94. The molecule has 11 aromatic carbocycles. The fourth-order valence-electron chi connectivity index (χ4n) is 11.3. The van der Waals surface area contributed by atoms with Gasteiger partial charge < -0.3 is 18.6 Å². The smallest absolute Gasteiger partial charge is 0.135 e. The Morgan fingerprint density at radius 3 is 1.45 bits per heavy atom. The number of furan rings is 2. The lowest BCUT2D eigenvalue weighted by Gasteiger charge is -2.36. The maximum atomic E-state index is 6.32. The highest BCUT2D eigenvalue weighted by Crippen LogP contribution is 2.48. The molecule has 14 rings (SSSR count). The second-order valence-corrected chi connectivity index (χ2v) is 22.8. The van der Waals surface area contributed by atoms with E-state index in [9.17, 15) is 0 Å². The summed E-state index contributed by atoms with van der Waals surface area (Å²) in [6.45, 7) is 5.07. The first-order chi connectivity index (χ1) is 33.0. The summed E-state index contributed by atoms with van der Waals surface area (Å²) in [4.78, 5) is 4.84. The Hall–Kier alpha value is -8.38. The number of fused-ring (bicyclic) bond motifs is 12. The van der Waals surface area contributed by atoms with Crippen molar-refractivity contribution in [2.45, 2.75) is 13.1 Å². The summed E-state index contributed by atoms with van der Waals surface area (Å²) < 4.78 is 12.6. The summed E-state index contributed by atoms with van der Waals surface area (Å²) in [6, 6.07) is 79.6. The SMILES string of the molecule is C[Si]1(C)c2cc(N(c3ccccc3)c3ccc4oc5ccccc5c4c3)ccc2-c2cc3c4ccccc4c(N(c4ccccc4)c4ccc5oc6ccccc6c5c4)cc3c3cccc1c23. The molecule has 0 saturated heterocycles. The van der Waals surface area contributed by atoms with Crippen molar-refractivity contribution in [3.63, 3.8) is 0 Å². The monoisotopic (exact) mass is 874 g/mol. The zero-order chi connectivity index (χ0) is 44.4. The van der Waals surface area contributed by atoms with E-state index in [4.69, 9.17) is 8.83 Å². The third-order valence-corrected chi connectivity index (χ3v) is 17.9. The van der Waals surface area contributed by atoms with Gasteiger partial charge in [0.1, 0.15) is 30.4 Å². The number of para-hydroxylation sites is 4. The van der Waals surface area contributed by atoms with Gasteiger partial charge in [-0.05, 0) is 145 Å². The van der Waals surface area contributed by atoms with Crippen molar-refractivity contribution in [1.82, 2.24) is 0 Å². The van der Waals surface area contributed by atoms with E-state index in [-0.39, 0.29) is 0 Å². The molecule has 67 heavy (non-hydrogen) atoms. The van der Waals surface area contributed by atoms with Crippen LogP contribution in [0.1, 0.15) is 0 Å². The van der Waals surface area contributed by atoms with E-state index in [2.05, 4.69) is 223 Å². The van der Waals surface area contributed by atoms with E-state index < -0.39 is 8.07 Å². The minimum Gasteiger partial charge on any atom is -0.456 e. The maximum absolute atomic E-state index is 6.32. The number of anilines is 6. The highest BCUT2D eigenvalue weighted by atomic mass is 28.3. The molecule has 0 fully saturated rings. The van der Waals surface area contributed by atoms with Crippen molar-refractivity contribution in [3.8, 4) is 11.1 Å². The van der Waals surface area contributed by atoms with Crippen molar-refractivity contribution in [2.24, 2.45) is 0 Å². The Morgan fingerprint density at radius 2 is 0.791 bits per heavy atom. The van der Waals surface area contributed by atoms with Gasteiger partial charge >= 0.3 is 0 Å². The predicted molar refractivity (Wildman–Crippen MR) is 285 cm³/mol. The number of hydrogen-bond donors (Lipinski definition) is 0. The zero-order valence-electron chi connectivity index (χ0n) is 37.0. The van der Waals surface area contributed by atoms with Gasteiger partial charge in [-0.2, -0.15) is 0 Å². The van der Waals surface area contributed by atoms with E-state index >= 15 is 0 Å². The summed E-state index contributed by atoms with van der Waals surface area (Å²) in [7, 11) is -2.30. The van der Waals surface area contributed by atoms with Crippen LogP contribution < -0.4 is 20.2 Å². The first-order valence-corrected chi connectivity index (χ1v) is 26.1. The Morgan fingerprint density at radius 1 is 0.299 bits per heavy atom. The Bertz CT molecular complexity index is 4150. The third-order valence-electron chi connectivity index (χ3n) is 14.4. The van der Waals surface area contributed by atoms with E-state index in [1.807, 2.05) is 18.2 Å². The van der Waals surface area contributed by atoms with Gasteiger partial charge in [-0.25, -0.2) is 0 Å². The predicted octanol–water partition coefficient (Wildman–Crippen LogP) is 16.7. The fraction of sp³-hybridized carbons (Fsp3) is 0.0323. The molecule has 0 saturated carbocycles. The number of benzene rings is 11. The quantitative estimate of drug-likeness (QED) is 0.123. The molecule has 1 aliphatic heterocycles. The number of hydrogen-bond acceptors (Lipinski definition) is 4. The van der Waals surface area contributed by atoms with Gasteiger partial charge in [0, 0.05) is 55.4 Å². The van der Waals surface area contributed by atoms with Crippen LogP contribution in [-0.4, -0.2) is 8.07 Å². The molecule has 0 atom stereocenters. The molecule has 0 bridgehead atoms. The van der Waals surface area contributed by atoms with Crippen LogP contribution in [0.4, 0.5) is 34.1 Å². The Kier molecular flexibility index (Phi) is 8.10. The van der Waals surface area contributed by atoms with Crippen LogP contribution >= 0.6 is 0 Å². The normalized spacial score (nSPS) is 13.0. The molecule has 0 radical (unpaired) electrons. The summed E-state index contributed by atoms with van der Waals surface area (Å²) in [5.41, 5.74) is 12.9. The van der Waals surface area contributed by atoms with Crippen molar-refractivity contribution in [1.29, 1.82) is 0 Å². The topological polar surface area (TPSA) is 32.8 Å². The van der Waals surface area contributed by atoms with E-state index in [0.717, 1.165) is 78.0 Å². The molecule has 0 spiro atoms. The maximum Gasteiger partial charge on any atom is 0.135 e. The van der Waals surface area contributed by atoms with Crippen LogP contribution in [0.15, 0.2) is 227 Å². The van der Waals surface area contributed by atoms with E-state index in [1.54, 1.807) is 0 Å². The molecule has 13 aromatic rings. The highest BCUT2D eigenvalue weighted by Gasteiger charge is 2.37. The standard InChI is InChI=1S/C62H42N2O2Si/c1-67(2)60-27-15-24-49-51-38-55(64(40-18-7-4-8-19-40)42-30-33-59-53(35-42)47-23-12-14-26-57(47)66-59)45-21-10-9-20-44(45)50(51)37-54(62(49)60)48-31-28-43(36-61(48)67)63(39-16-5-3-6-17-39)41-29-32-58-52(34-41)46-22-11-13-25-56(46)65-58/h3-38H,1-2H3. The summed E-state index contributed by atoms with van der Waals surface area (Å²) in [5, 5.41) is 15.0. The molecule has 0 N–H and O–H groups in total. The zero-order valence-corrected chi connectivity index (χ0v) is 38.0. The average molecular weight is 875 g/mol. The van der Waals surface area contributed by atoms with Crippen LogP contribution in [0.3, 0.4) is 0 Å². The first-order valence-electron chi connectivity index (χ1n) is 23.1. The molecule has 3 heterocycles. The minimum absolute atomic E-state index is 0.887. The molecule has 2 aromatic heterocycles. The number of nitrogens with zero attached hydrogens (tertiary/aromatic N) is 2. The highest BCUT2D eigenvalue weighted by molar-refractivity contribution is 7.03. The largest absolute Gasteiger partial charge is 0.456 e. The lowest BCUT2D eigenvalue weighted by Crippen LogP contribution is -2.56. The van der Waals surface area contributed by atoms with Crippen LogP contribution in [0.5, 0.6) is 0 Å². The second-order valence-electron chi connectivity index (χ2n) is 18.4. The van der Waals surface area contributed by atoms with Crippen LogP contribution in [0.25, 0.3) is 87.3 Å². The summed E-state index contributed by atoms with van der Waals surface area (Å²) in [5.74, 6) is 0. The number of rotatable bonds is 6. The van der Waals surface area contributed by atoms with Crippen LogP contribution in [-0.2, 0) is 0 Å². The molecular weight excluding hydrogens is 833 g/mol. The Labute approximate surface area is 388 Å². The van der Waals surface area contributed by atoms with Gasteiger partial charge in [0.15, 0.2) is 0 Å². The fourth-order valence-corrected chi connectivity index (χ4v) is 14.4. The van der Waals surface area contributed by atoms with Gasteiger partial charge in [-0.15, -0.1) is 0 Å². The summed E-state index contributed by atoms with van der Waals surface area (Å²) in [6.07, 6.45) is 0. The molecule has 0 amide bonds. The lowest BCUT2D eigenvalue weighted by atomic mass is 9.89. The molecule has 316 valence electrons. The van der Waals surface area contributed by atoms with Gasteiger partial charge in [0.05, 0.1) is 5.69 Å². The molecular formula is C62H42N2O2Si. The molecule has 5 heteroatoms. The van der Waals surface area contributed by atoms with Gasteiger partial charge in [0.25, 0.3) is 0 Å². The van der Waals surface area contributed by atoms with E-state index in [0.29, 0.717) is 0 Å². The van der Waals surface area contributed by atoms with Crippen molar-refractivity contribution in [3.05, 3.63) is 218 Å². The van der Waals surface area contributed by atoms with Crippen molar-refractivity contribution >= 4 is 129 Å². The minimum atomic E-state index is -2.30. The Balaban J connectivity index is 0.986. The van der Waals surface area contributed by atoms with E-state index in [1.165, 1.54) is 53.8 Å². The first kappa shape index (κ1) is 37.9. The van der Waals surface area contributed by atoms with Crippen molar-refractivity contribution < 1.29 is 8.83 Å². The molecule has 0 unspecified atom stereocenters. The molecule has 1 aliphatic rings. The van der Waals surface area contributed by atoms with Crippen molar-refractivity contribution in [2.75, 3.05) is 9.80 Å². The van der Waals surface area contributed by atoms with Crippen LogP contribution in [0.2, 0.25) is 13.1 Å². The van der Waals surface area contributed by atoms with Gasteiger partial charge in [-0.3, -0.25) is 0 Å². The van der Waals surface area contributed by atoms with Gasteiger partial charge in [0.2, 0.25) is 0 Å². The molecule has 4 nitrogen and oxygen atoms in total. The van der Waals surface area contributed by atoms with Gasteiger partial charge in [-0.1, -0.05) is 134 Å². The molecule has 0 aliphatic carbocycles. The third kappa shape index (κ3) is 5.65. The lowest BCUT2D eigenvalue weighted by molar-refractivity contribution is 0.668. The summed E-state index contributed by atoms with van der Waals surface area (Å²) >= 11 is 0. The second kappa shape index (κ2) is 14.3. The van der Waals surface area contributed by atoms with Crippen LogP contribution in [0, 0.1) is 0 Å².